The molecule has 1 aromatic carbocycles. The number of hydrogen-bond acceptors (Lipinski definition) is 0. The van der Waals surface area contributed by atoms with E-state index in [4.69, 9.17) is 0 Å². The van der Waals surface area contributed by atoms with Gasteiger partial charge < -0.3 is 37.2 Å². The van der Waals surface area contributed by atoms with Gasteiger partial charge in [0.25, 0.3) is 0 Å². The molecular formula is C22H33Cl3SiTi. The Morgan fingerprint density at radius 3 is 2.00 bits per heavy atom. The number of allylic oxidation sites excluding steroid dienone is 4. The summed E-state index contributed by atoms with van der Waals surface area (Å²) in [6.07, 6.45) is 11.2. The Balaban J connectivity index is -0.00000144. The van der Waals surface area contributed by atoms with Crippen LogP contribution in [0.1, 0.15) is 64.5 Å². The van der Waals surface area contributed by atoms with E-state index < -0.39 is 8.80 Å². The summed E-state index contributed by atoms with van der Waals surface area (Å²) in [5, 5.41) is 3.23. The fourth-order valence-electron chi connectivity index (χ4n) is 3.78. The predicted octanol–water partition coefficient (Wildman–Crippen LogP) is -3.42. The van der Waals surface area contributed by atoms with Crippen molar-refractivity contribution in [2.24, 2.45) is 5.41 Å². The van der Waals surface area contributed by atoms with Gasteiger partial charge in [-0.25, -0.2) is 5.20 Å². The maximum atomic E-state index is 3.76. The molecule has 0 radical (unpaired) electrons. The fourth-order valence-corrected chi connectivity index (χ4v) is 7.65. The predicted molar refractivity (Wildman–Crippen MR) is 106 cm³/mol. The Labute approximate surface area is 202 Å². The van der Waals surface area contributed by atoms with Crippen LogP contribution >= 0.6 is 0 Å². The smallest absolute Gasteiger partial charge is 1.00 e. The quantitative estimate of drug-likeness (QED) is 0.227. The minimum atomic E-state index is -1.15. The van der Waals surface area contributed by atoms with Crippen LogP contribution in [0.5, 0.6) is 0 Å². The first kappa shape index (κ1) is 32.2. The molecule has 0 aliphatic heterocycles. The normalized spacial score (nSPS) is 13.9. The van der Waals surface area contributed by atoms with Crippen LogP contribution in [0.3, 0.4) is 0 Å². The minimum absolute atomic E-state index is 0. The molecule has 0 saturated carbocycles. The van der Waals surface area contributed by atoms with E-state index in [1.165, 1.54) is 36.4 Å². The molecular weight excluding hydrogens is 447 g/mol. The van der Waals surface area contributed by atoms with Gasteiger partial charge in [0.05, 0.1) is 8.80 Å². The average Bonchev–Trinajstić information content (AvgIpc) is 2.91. The minimum Gasteiger partial charge on any atom is -1.00 e. The second-order valence-electron chi connectivity index (χ2n) is 8.13. The molecule has 1 aromatic rings. The second-order valence-corrected chi connectivity index (χ2v) is 11.1. The largest absolute Gasteiger partial charge is 4.00 e. The molecule has 1 atom stereocenters. The Morgan fingerprint density at radius 1 is 0.963 bits per heavy atom. The summed E-state index contributed by atoms with van der Waals surface area (Å²) in [6, 6.07) is 8.58. The van der Waals surface area contributed by atoms with Gasteiger partial charge in [-0.1, -0.05) is 92.9 Å². The summed E-state index contributed by atoms with van der Waals surface area (Å²) in [4.78, 5) is 0. The van der Waals surface area contributed by atoms with Gasteiger partial charge in [0, 0.05) is 0 Å². The number of unbranched alkanes of at least 4 members (excludes halogenated alkanes) is 2. The molecule has 0 amide bonds. The van der Waals surface area contributed by atoms with Crippen LogP contribution in [0.15, 0.2) is 35.0 Å². The zero-order valence-corrected chi connectivity index (χ0v) is 22.5. The van der Waals surface area contributed by atoms with Crippen molar-refractivity contribution >= 4 is 14.0 Å². The summed E-state index contributed by atoms with van der Waals surface area (Å²) >= 11 is 0. The first-order valence-corrected chi connectivity index (χ1v) is 11.2. The number of hydrogen-bond donors (Lipinski definition) is 0. The second kappa shape index (κ2) is 14.5. The van der Waals surface area contributed by atoms with Gasteiger partial charge in [-0.3, -0.25) is 6.08 Å². The van der Waals surface area contributed by atoms with Gasteiger partial charge in [-0.05, 0) is 13.8 Å². The van der Waals surface area contributed by atoms with Crippen molar-refractivity contribution in [3.63, 3.8) is 0 Å². The third-order valence-electron chi connectivity index (χ3n) is 4.79. The van der Waals surface area contributed by atoms with Crippen LogP contribution in [-0.4, -0.2) is 8.80 Å². The van der Waals surface area contributed by atoms with Crippen LogP contribution in [-0.2, 0) is 21.7 Å². The first-order chi connectivity index (χ1) is 10.8. The van der Waals surface area contributed by atoms with E-state index in [0.29, 0.717) is 0 Å². The number of aryl methyl sites for hydroxylation is 2. The molecule has 1 aliphatic rings. The topological polar surface area (TPSA) is 0 Å². The van der Waals surface area contributed by atoms with E-state index in [0.717, 1.165) is 6.42 Å². The Bertz CT molecular complexity index is 598. The van der Waals surface area contributed by atoms with Crippen molar-refractivity contribution in [3.05, 3.63) is 52.2 Å². The van der Waals surface area contributed by atoms with Crippen molar-refractivity contribution in [2.75, 3.05) is 0 Å². The van der Waals surface area contributed by atoms with E-state index in [9.17, 15) is 0 Å². The van der Waals surface area contributed by atoms with Crippen LogP contribution in [0.2, 0.25) is 6.04 Å². The third-order valence-corrected chi connectivity index (χ3v) is 8.12. The average molecular weight is 480 g/mol. The Morgan fingerprint density at radius 2 is 1.52 bits per heavy atom. The number of benzene rings is 1. The standard InChI is InChI=1S/C22H33Si.3ClH.Ti/c1-7-8-9-13-23(19-15-17(2)14-18(3)16-19)21-12-10-11-20(21)22(4,5)6;;;;/h11,14-16,23H,7-10,13H2,1-6H3;3*1H;/q-1;;;;+4/p-3. The third kappa shape index (κ3) is 9.24. The molecule has 0 spiro atoms. The molecule has 2 rings (SSSR count). The fraction of sp³-hybridized carbons (Fsp3) is 0.545. The zero-order chi connectivity index (χ0) is 17.0. The van der Waals surface area contributed by atoms with Crippen molar-refractivity contribution in [3.8, 4) is 0 Å². The van der Waals surface area contributed by atoms with E-state index in [1.807, 2.05) is 0 Å². The van der Waals surface area contributed by atoms with Crippen molar-refractivity contribution < 1.29 is 58.9 Å². The summed E-state index contributed by atoms with van der Waals surface area (Å²) in [5.41, 5.74) is 4.64. The van der Waals surface area contributed by atoms with Gasteiger partial charge in [-0.2, -0.15) is 11.6 Å². The summed E-state index contributed by atoms with van der Waals surface area (Å²) < 4.78 is 0. The van der Waals surface area contributed by atoms with Gasteiger partial charge >= 0.3 is 21.7 Å². The van der Waals surface area contributed by atoms with Gasteiger partial charge in [-0.15, -0.1) is 6.42 Å². The maximum Gasteiger partial charge on any atom is 4.00 e. The van der Waals surface area contributed by atoms with E-state index in [-0.39, 0.29) is 64.4 Å². The van der Waals surface area contributed by atoms with Crippen molar-refractivity contribution in [1.29, 1.82) is 0 Å². The molecule has 0 aromatic heterocycles. The SMILES string of the molecule is CCCCC[SiH](C1=[C-]CC=C1C(C)(C)C)c1cc(C)cc(C)c1.[Cl-].[Cl-].[Cl-].[Ti+4]. The Hall–Kier alpha value is 0.501. The van der Waals surface area contributed by atoms with Gasteiger partial charge in [0.1, 0.15) is 0 Å². The van der Waals surface area contributed by atoms with Crippen LogP contribution in [0, 0.1) is 25.3 Å². The zero-order valence-electron chi connectivity index (χ0n) is 17.6. The van der Waals surface area contributed by atoms with Gasteiger partial charge in [0.2, 0.25) is 0 Å². The van der Waals surface area contributed by atoms with E-state index in [1.54, 1.807) is 16.0 Å². The molecule has 1 unspecified atom stereocenters. The molecule has 150 valence electrons. The number of rotatable bonds is 6. The van der Waals surface area contributed by atoms with Crippen molar-refractivity contribution in [1.82, 2.24) is 0 Å². The molecule has 0 bridgehead atoms. The monoisotopic (exact) mass is 478 g/mol. The molecule has 5 heteroatoms. The number of halogens is 3. The van der Waals surface area contributed by atoms with Gasteiger partial charge in [0.15, 0.2) is 0 Å². The van der Waals surface area contributed by atoms with Crippen LogP contribution in [0.25, 0.3) is 0 Å². The molecule has 1 aliphatic carbocycles. The molecule has 0 heterocycles. The summed E-state index contributed by atoms with van der Waals surface area (Å²) in [7, 11) is -1.15. The van der Waals surface area contributed by atoms with Crippen molar-refractivity contribution in [2.45, 2.75) is 73.3 Å². The molecule has 27 heavy (non-hydrogen) atoms. The summed E-state index contributed by atoms with van der Waals surface area (Å²) in [6.45, 7) is 13.8. The molecule has 0 nitrogen and oxygen atoms in total. The molecule has 0 fully saturated rings. The first-order valence-electron chi connectivity index (χ1n) is 9.23. The van der Waals surface area contributed by atoms with Crippen LogP contribution < -0.4 is 42.4 Å². The van der Waals surface area contributed by atoms with Crippen LogP contribution in [0.4, 0.5) is 0 Å². The Kier molecular flexibility index (Phi) is 17.3. The molecule has 0 N–H and O–H groups in total. The maximum absolute atomic E-state index is 3.76. The van der Waals surface area contributed by atoms with E-state index >= 15 is 0 Å². The van der Waals surface area contributed by atoms with E-state index in [2.05, 4.69) is 71.9 Å². The molecule has 0 saturated heterocycles. The summed E-state index contributed by atoms with van der Waals surface area (Å²) in [5.74, 6) is 0.